The maximum atomic E-state index is 13.5. The van der Waals surface area contributed by atoms with Crippen LogP contribution in [0.15, 0.2) is 82.0 Å². The zero-order valence-corrected chi connectivity index (χ0v) is 22.2. The Morgan fingerprint density at radius 3 is 2.24 bits per heavy atom. The maximum Gasteiger partial charge on any atom is 0.338 e. The van der Waals surface area contributed by atoms with Gasteiger partial charge in [-0.1, -0.05) is 57.2 Å². The summed E-state index contributed by atoms with van der Waals surface area (Å²) in [6.07, 6.45) is -1.02. The Labute approximate surface area is 221 Å². The van der Waals surface area contributed by atoms with Crippen LogP contribution in [0.4, 0.5) is 5.69 Å². The highest BCUT2D eigenvalue weighted by atomic mass is 16.5. The lowest BCUT2D eigenvalue weighted by molar-refractivity contribution is -0.122. The third-order valence-electron chi connectivity index (χ3n) is 6.10. The van der Waals surface area contributed by atoms with E-state index in [-0.39, 0.29) is 29.0 Å². The first kappa shape index (κ1) is 26.7. The van der Waals surface area contributed by atoms with Crippen LogP contribution in [0.3, 0.4) is 0 Å². The summed E-state index contributed by atoms with van der Waals surface area (Å²) in [4.78, 5) is 38.3. The van der Waals surface area contributed by atoms with Gasteiger partial charge in [0.2, 0.25) is 11.2 Å². The van der Waals surface area contributed by atoms with Gasteiger partial charge in [-0.2, -0.15) is 0 Å². The first-order valence-electron chi connectivity index (χ1n) is 12.5. The number of carbonyl (C=O) groups is 2. The van der Waals surface area contributed by atoms with Crippen LogP contribution in [0.5, 0.6) is 5.75 Å². The summed E-state index contributed by atoms with van der Waals surface area (Å²) in [6.45, 7) is 9.93. The summed E-state index contributed by atoms with van der Waals surface area (Å²) < 4.78 is 17.1. The average molecular weight is 514 g/mol. The molecular weight excluding hydrogens is 482 g/mol. The lowest BCUT2D eigenvalue weighted by Gasteiger charge is -2.20. The van der Waals surface area contributed by atoms with Gasteiger partial charge < -0.3 is 19.2 Å². The molecule has 1 atom stereocenters. The molecule has 0 radical (unpaired) electrons. The number of hydrogen-bond donors (Lipinski definition) is 1. The minimum atomic E-state index is -1.02. The Hall–Kier alpha value is -4.39. The molecule has 0 aliphatic heterocycles. The number of anilines is 1. The van der Waals surface area contributed by atoms with E-state index in [0.717, 1.165) is 5.56 Å². The van der Waals surface area contributed by atoms with Crippen molar-refractivity contribution in [3.63, 3.8) is 0 Å². The average Bonchev–Trinajstić information content (AvgIpc) is 2.90. The van der Waals surface area contributed by atoms with Crippen LogP contribution in [-0.2, 0) is 14.9 Å². The van der Waals surface area contributed by atoms with Gasteiger partial charge in [0.25, 0.3) is 5.91 Å². The highest BCUT2D eigenvalue weighted by Gasteiger charge is 2.24. The van der Waals surface area contributed by atoms with Crippen LogP contribution >= 0.6 is 0 Å². The molecule has 3 aromatic carbocycles. The fourth-order valence-electron chi connectivity index (χ4n) is 3.92. The summed E-state index contributed by atoms with van der Waals surface area (Å²) in [5.41, 5.74) is 2.68. The van der Waals surface area contributed by atoms with Gasteiger partial charge in [-0.05, 0) is 61.2 Å². The number of carbonyl (C=O) groups excluding carboxylic acids is 2. The first-order valence-corrected chi connectivity index (χ1v) is 12.5. The number of nitrogens with one attached hydrogen (secondary N) is 1. The van der Waals surface area contributed by atoms with Gasteiger partial charge in [0.05, 0.1) is 17.6 Å². The van der Waals surface area contributed by atoms with E-state index in [1.807, 2.05) is 24.3 Å². The van der Waals surface area contributed by atoms with Gasteiger partial charge in [-0.15, -0.1) is 0 Å². The number of ether oxygens (including phenoxy) is 2. The second-order valence-corrected chi connectivity index (χ2v) is 9.96. The van der Waals surface area contributed by atoms with E-state index in [9.17, 15) is 14.4 Å². The van der Waals surface area contributed by atoms with Gasteiger partial charge in [0.15, 0.2) is 11.9 Å². The third-order valence-corrected chi connectivity index (χ3v) is 6.10. The lowest BCUT2D eigenvalue weighted by atomic mass is 9.86. The second-order valence-electron chi connectivity index (χ2n) is 9.96. The minimum absolute atomic E-state index is 0.0347. The molecular formula is C31H31NO6. The molecule has 1 amide bonds. The molecule has 1 unspecified atom stereocenters. The van der Waals surface area contributed by atoms with E-state index >= 15 is 0 Å². The predicted octanol–water partition coefficient (Wildman–Crippen LogP) is 6.34. The Morgan fingerprint density at radius 2 is 1.61 bits per heavy atom. The van der Waals surface area contributed by atoms with Crippen LogP contribution in [0.2, 0.25) is 0 Å². The number of amides is 1. The summed E-state index contributed by atoms with van der Waals surface area (Å²) in [5, 5.41) is 3.11. The minimum Gasteiger partial charge on any atom is -0.473 e. The topological polar surface area (TPSA) is 94.8 Å². The normalized spacial score (nSPS) is 12.1. The monoisotopic (exact) mass is 513 g/mol. The highest BCUT2D eigenvalue weighted by molar-refractivity contribution is 5.95. The molecule has 4 aromatic rings. The van der Waals surface area contributed by atoms with Crippen molar-refractivity contribution < 1.29 is 23.5 Å². The van der Waals surface area contributed by atoms with Gasteiger partial charge >= 0.3 is 5.97 Å². The number of fused-ring (bicyclic) bond motifs is 1. The molecule has 0 spiro atoms. The SMILES string of the molecule is CCOC(=O)c1ccc(NC(=O)C(C)Oc2c(-c3ccc(C(C)(C)C)cc3)oc3ccccc3c2=O)cc1. The van der Waals surface area contributed by atoms with Crippen LogP contribution in [0.1, 0.15) is 50.5 Å². The van der Waals surface area contributed by atoms with Gasteiger partial charge in [0.1, 0.15) is 5.58 Å². The van der Waals surface area contributed by atoms with Gasteiger partial charge in [-0.25, -0.2) is 4.79 Å². The van der Waals surface area contributed by atoms with E-state index in [4.69, 9.17) is 13.9 Å². The molecule has 7 nitrogen and oxygen atoms in total. The summed E-state index contributed by atoms with van der Waals surface area (Å²) >= 11 is 0. The number of benzene rings is 3. The Bertz CT molecular complexity index is 1510. The van der Waals surface area contributed by atoms with Crippen molar-refractivity contribution in [2.45, 2.75) is 46.1 Å². The molecule has 0 saturated carbocycles. The quantitative estimate of drug-likeness (QED) is 0.290. The zero-order valence-electron chi connectivity index (χ0n) is 22.2. The molecule has 0 aliphatic carbocycles. The second kappa shape index (κ2) is 10.9. The third kappa shape index (κ3) is 5.78. The fourth-order valence-corrected chi connectivity index (χ4v) is 3.92. The fraction of sp³-hybridized carbons (Fsp3) is 0.258. The zero-order chi connectivity index (χ0) is 27.4. The maximum absolute atomic E-state index is 13.5. The number of esters is 1. The largest absolute Gasteiger partial charge is 0.473 e. The van der Waals surface area contributed by atoms with E-state index in [1.165, 1.54) is 0 Å². The van der Waals surface area contributed by atoms with Crippen LogP contribution in [0.25, 0.3) is 22.3 Å². The van der Waals surface area contributed by atoms with Crippen LogP contribution in [0, 0.1) is 0 Å². The molecule has 1 aromatic heterocycles. The Kier molecular flexibility index (Phi) is 7.67. The van der Waals surface area contributed by atoms with E-state index in [2.05, 4.69) is 26.1 Å². The molecule has 4 rings (SSSR count). The molecule has 0 saturated heterocycles. The summed E-state index contributed by atoms with van der Waals surface area (Å²) in [7, 11) is 0. The molecule has 0 aliphatic rings. The van der Waals surface area contributed by atoms with Crippen molar-refractivity contribution in [2.24, 2.45) is 0 Å². The molecule has 7 heteroatoms. The van der Waals surface area contributed by atoms with E-state index in [1.54, 1.807) is 62.4 Å². The van der Waals surface area contributed by atoms with Gasteiger partial charge in [-0.3, -0.25) is 9.59 Å². The Balaban J connectivity index is 1.63. The molecule has 1 heterocycles. The van der Waals surface area contributed by atoms with E-state index in [0.29, 0.717) is 27.8 Å². The molecule has 0 bridgehead atoms. The van der Waals surface area contributed by atoms with Crippen molar-refractivity contribution in [1.29, 1.82) is 0 Å². The van der Waals surface area contributed by atoms with Crippen LogP contribution < -0.4 is 15.5 Å². The van der Waals surface area contributed by atoms with Crippen molar-refractivity contribution in [3.8, 4) is 17.1 Å². The molecule has 1 N–H and O–H groups in total. The number of rotatable bonds is 7. The van der Waals surface area contributed by atoms with Crippen molar-refractivity contribution >= 4 is 28.5 Å². The van der Waals surface area contributed by atoms with Crippen molar-refractivity contribution in [2.75, 3.05) is 11.9 Å². The van der Waals surface area contributed by atoms with Crippen molar-refractivity contribution in [3.05, 3.63) is 94.1 Å². The van der Waals surface area contributed by atoms with Crippen molar-refractivity contribution in [1.82, 2.24) is 0 Å². The lowest BCUT2D eigenvalue weighted by Crippen LogP contribution is -2.31. The highest BCUT2D eigenvalue weighted by Crippen LogP contribution is 2.33. The number of para-hydroxylation sites is 1. The summed E-state index contributed by atoms with van der Waals surface area (Å²) in [6, 6.07) is 21.0. The van der Waals surface area contributed by atoms with Crippen LogP contribution in [-0.4, -0.2) is 24.6 Å². The molecule has 0 fully saturated rings. The Morgan fingerprint density at radius 1 is 0.947 bits per heavy atom. The summed E-state index contributed by atoms with van der Waals surface area (Å²) in [5.74, 6) is -0.677. The number of hydrogen-bond acceptors (Lipinski definition) is 6. The molecule has 196 valence electrons. The van der Waals surface area contributed by atoms with Gasteiger partial charge in [0, 0.05) is 11.3 Å². The standard InChI is InChI=1S/C31H31NO6/c1-6-36-30(35)21-13-17-23(18-14-21)32-29(34)19(2)37-28-26(33)24-9-7-8-10-25(24)38-27(28)20-11-15-22(16-12-20)31(3,4)5/h7-19H,6H2,1-5H3,(H,32,34). The first-order chi connectivity index (χ1) is 18.1. The van der Waals surface area contributed by atoms with E-state index < -0.39 is 18.0 Å². The smallest absolute Gasteiger partial charge is 0.338 e. The predicted molar refractivity (Wildman–Crippen MR) is 148 cm³/mol. The molecule has 38 heavy (non-hydrogen) atoms.